The van der Waals surface area contributed by atoms with Crippen molar-refractivity contribution in [2.75, 3.05) is 0 Å². The van der Waals surface area contributed by atoms with Crippen LogP contribution < -0.4 is 0 Å². The van der Waals surface area contributed by atoms with E-state index >= 15 is 0 Å². The molecule has 1 aromatic rings. The third-order valence-electron chi connectivity index (χ3n) is 1.93. The van der Waals surface area contributed by atoms with Crippen LogP contribution in [0.3, 0.4) is 0 Å². The van der Waals surface area contributed by atoms with Gasteiger partial charge < -0.3 is 5.11 Å². The number of halogens is 4. The predicted octanol–water partition coefficient (Wildman–Crippen LogP) is 3.70. The summed E-state index contributed by atoms with van der Waals surface area (Å²) in [5.74, 6) is 0. The summed E-state index contributed by atoms with van der Waals surface area (Å²) in [6.07, 6.45) is -4.46. The lowest BCUT2D eigenvalue weighted by molar-refractivity contribution is -0.140. The molecule has 0 heterocycles. The zero-order chi connectivity index (χ0) is 11.9. The Morgan fingerprint density at radius 1 is 1.20 bits per heavy atom. The molecule has 0 fully saturated rings. The van der Waals surface area contributed by atoms with Gasteiger partial charge in [-0.05, 0) is 26.0 Å². The molecule has 0 radical (unpaired) electrons. The van der Waals surface area contributed by atoms with Gasteiger partial charge in [-0.15, -0.1) is 0 Å². The Morgan fingerprint density at radius 3 is 2.07 bits per heavy atom. The predicted molar refractivity (Wildman–Crippen MR) is 54.4 cm³/mol. The van der Waals surface area contributed by atoms with Crippen molar-refractivity contribution in [3.63, 3.8) is 0 Å². The highest BCUT2D eigenvalue weighted by atomic mass is 79.9. The number of alkyl halides is 3. The molecule has 15 heavy (non-hydrogen) atoms. The molecular weight excluding hydrogens is 273 g/mol. The highest BCUT2D eigenvalue weighted by Gasteiger charge is 2.38. The Morgan fingerprint density at radius 2 is 1.73 bits per heavy atom. The van der Waals surface area contributed by atoms with Crippen LogP contribution >= 0.6 is 15.9 Å². The van der Waals surface area contributed by atoms with Gasteiger partial charge in [-0.3, -0.25) is 0 Å². The average Bonchev–Trinajstić information content (AvgIpc) is 1.99. The molecule has 0 bridgehead atoms. The van der Waals surface area contributed by atoms with E-state index in [-0.39, 0.29) is 10.0 Å². The van der Waals surface area contributed by atoms with E-state index in [2.05, 4.69) is 15.9 Å². The smallest absolute Gasteiger partial charge is 0.386 e. The molecule has 84 valence electrons. The molecular formula is C10H10BrF3O. The van der Waals surface area contributed by atoms with Crippen molar-refractivity contribution in [1.82, 2.24) is 0 Å². The summed E-state index contributed by atoms with van der Waals surface area (Å²) >= 11 is 3.02. The molecule has 1 nitrogen and oxygen atoms in total. The van der Waals surface area contributed by atoms with Crippen molar-refractivity contribution in [3.05, 3.63) is 33.8 Å². The fraction of sp³-hybridized carbons (Fsp3) is 0.400. The van der Waals surface area contributed by atoms with Crippen LogP contribution in [-0.2, 0) is 11.8 Å². The Hall–Kier alpha value is -0.550. The third kappa shape index (κ3) is 2.72. The molecule has 0 saturated heterocycles. The van der Waals surface area contributed by atoms with Crippen molar-refractivity contribution in [2.45, 2.75) is 25.6 Å². The molecule has 5 heteroatoms. The van der Waals surface area contributed by atoms with E-state index in [0.717, 1.165) is 6.07 Å². The van der Waals surface area contributed by atoms with E-state index in [1.807, 2.05) is 0 Å². The maximum Gasteiger partial charge on any atom is 0.416 e. The Kier molecular flexibility index (Phi) is 3.16. The van der Waals surface area contributed by atoms with E-state index in [1.54, 1.807) is 0 Å². The second-order valence-corrected chi connectivity index (χ2v) is 4.57. The number of hydrogen-bond acceptors (Lipinski definition) is 1. The number of rotatable bonds is 1. The lowest BCUT2D eigenvalue weighted by Crippen LogP contribution is -2.22. The van der Waals surface area contributed by atoms with Gasteiger partial charge in [-0.1, -0.05) is 22.0 Å². The van der Waals surface area contributed by atoms with Crippen molar-refractivity contribution in [3.8, 4) is 0 Å². The highest BCUT2D eigenvalue weighted by Crippen LogP contribution is 2.39. The van der Waals surface area contributed by atoms with E-state index in [0.29, 0.717) is 0 Å². The summed E-state index contributed by atoms with van der Waals surface area (Å²) in [4.78, 5) is 0. The Balaban J connectivity index is 3.48. The standard InChI is InChI=1S/C10H10BrF3O/c1-9(2,15)8-6(10(12,13)14)4-3-5-7(8)11/h3-5,15H,1-2H3. The van der Waals surface area contributed by atoms with Gasteiger partial charge >= 0.3 is 6.18 Å². The SMILES string of the molecule is CC(C)(O)c1c(Br)cccc1C(F)(F)F. The molecule has 0 aliphatic heterocycles. The maximum absolute atomic E-state index is 12.6. The molecule has 0 amide bonds. The van der Waals surface area contributed by atoms with Crippen LogP contribution in [0.1, 0.15) is 25.0 Å². The van der Waals surface area contributed by atoms with Crippen molar-refractivity contribution in [2.24, 2.45) is 0 Å². The van der Waals surface area contributed by atoms with Crippen LogP contribution in [0.25, 0.3) is 0 Å². The Labute approximate surface area is 94.0 Å². The van der Waals surface area contributed by atoms with Crippen molar-refractivity contribution < 1.29 is 18.3 Å². The molecule has 0 aliphatic carbocycles. The molecule has 0 aliphatic rings. The molecule has 1 rings (SSSR count). The molecule has 0 unspecified atom stereocenters. The van der Waals surface area contributed by atoms with Gasteiger partial charge in [-0.25, -0.2) is 0 Å². The first-order valence-corrected chi connectivity index (χ1v) is 5.02. The second-order valence-electron chi connectivity index (χ2n) is 3.72. The fourth-order valence-corrected chi connectivity index (χ4v) is 2.23. The number of hydrogen-bond donors (Lipinski definition) is 1. The first-order chi connectivity index (χ1) is 6.64. The van der Waals surface area contributed by atoms with E-state index < -0.39 is 17.3 Å². The molecule has 1 N–H and O–H groups in total. The van der Waals surface area contributed by atoms with E-state index in [1.165, 1.54) is 26.0 Å². The van der Waals surface area contributed by atoms with Crippen molar-refractivity contribution in [1.29, 1.82) is 0 Å². The second kappa shape index (κ2) is 3.79. The summed E-state index contributed by atoms with van der Waals surface area (Å²) in [5.41, 5.74) is -2.49. The fourth-order valence-electron chi connectivity index (χ4n) is 1.38. The van der Waals surface area contributed by atoms with Crippen LogP contribution in [0.5, 0.6) is 0 Å². The van der Waals surface area contributed by atoms with Gasteiger partial charge in [0.2, 0.25) is 0 Å². The summed E-state index contributed by atoms with van der Waals surface area (Å²) in [6, 6.07) is 3.72. The van der Waals surface area contributed by atoms with Gasteiger partial charge in [0.05, 0.1) is 11.2 Å². The van der Waals surface area contributed by atoms with E-state index in [9.17, 15) is 18.3 Å². The van der Waals surface area contributed by atoms with Crippen LogP contribution in [-0.4, -0.2) is 5.11 Å². The normalized spacial score (nSPS) is 13.0. The van der Waals surface area contributed by atoms with Gasteiger partial charge in [0.15, 0.2) is 0 Å². The quantitative estimate of drug-likeness (QED) is 0.833. The summed E-state index contributed by atoms with van der Waals surface area (Å²) < 4.78 is 38.1. The third-order valence-corrected chi connectivity index (χ3v) is 2.59. The van der Waals surface area contributed by atoms with Gasteiger partial charge in [0.25, 0.3) is 0 Å². The first-order valence-electron chi connectivity index (χ1n) is 4.22. The first kappa shape index (κ1) is 12.5. The van der Waals surface area contributed by atoms with Crippen LogP contribution in [0, 0.1) is 0 Å². The molecule has 1 aromatic carbocycles. The minimum Gasteiger partial charge on any atom is -0.386 e. The monoisotopic (exact) mass is 282 g/mol. The summed E-state index contributed by atoms with van der Waals surface area (Å²) in [6.45, 7) is 2.64. The summed E-state index contributed by atoms with van der Waals surface area (Å²) in [5, 5.41) is 9.68. The molecule has 0 spiro atoms. The van der Waals surface area contributed by atoms with E-state index in [4.69, 9.17) is 0 Å². The van der Waals surface area contributed by atoms with Crippen LogP contribution in [0.15, 0.2) is 22.7 Å². The zero-order valence-electron chi connectivity index (χ0n) is 8.19. The molecule has 0 aromatic heterocycles. The molecule has 0 saturated carbocycles. The minimum absolute atomic E-state index is 0.141. The van der Waals surface area contributed by atoms with Crippen molar-refractivity contribution >= 4 is 15.9 Å². The number of aliphatic hydroxyl groups is 1. The number of benzene rings is 1. The highest BCUT2D eigenvalue weighted by molar-refractivity contribution is 9.10. The van der Waals surface area contributed by atoms with Gasteiger partial charge in [0.1, 0.15) is 0 Å². The van der Waals surface area contributed by atoms with Gasteiger partial charge in [0, 0.05) is 10.0 Å². The summed E-state index contributed by atoms with van der Waals surface area (Å²) in [7, 11) is 0. The average molecular weight is 283 g/mol. The van der Waals surface area contributed by atoms with Crippen LogP contribution in [0.4, 0.5) is 13.2 Å². The topological polar surface area (TPSA) is 20.2 Å². The maximum atomic E-state index is 12.6. The zero-order valence-corrected chi connectivity index (χ0v) is 9.78. The lowest BCUT2D eigenvalue weighted by Gasteiger charge is -2.24. The Bertz CT molecular complexity index is 366. The van der Waals surface area contributed by atoms with Crippen LogP contribution in [0.2, 0.25) is 0 Å². The largest absolute Gasteiger partial charge is 0.416 e. The molecule has 0 atom stereocenters. The lowest BCUT2D eigenvalue weighted by atomic mass is 9.93. The van der Waals surface area contributed by atoms with Gasteiger partial charge in [-0.2, -0.15) is 13.2 Å². The minimum atomic E-state index is -4.46.